The van der Waals surface area contributed by atoms with Crippen LogP contribution in [-0.2, 0) is 6.54 Å². The number of rotatable bonds is 3. The molecule has 0 spiro atoms. The molecule has 1 nitrogen and oxygen atoms in total. The molecule has 1 N–H and O–H groups in total. The smallest absolute Gasteiger partial charge is 0.0652 e. The zero-order valence-electron chi connectivity index (χ0n) is 8.36. The van der Waals surface area contributed by atoms with Crippen molar-refractivity contribution in [3.8, 4) is 0 Å². The van der Waals surface area contributed by atoms with Gasteiger partial charge < -0.3 is 5.32 Å². The maximum atomic E-state index is 6.08. The van der Waals surface area contributed by atoms with Gasteiger partial charge in [-0.05, 0) is 24.5 Å². The number of hydrogen-bond acceptors (Lipinski definition) is 1. The Morgan fingerprint density at radius 1 is 1.27 bits per heavy atom. The second kappa shape index (κ2) is 4.50. The number of nitrogens with one attached hydrogen (secondary N) is 1. The van der Waals surface area contributed by atoms with Crippen LogP contribution in [0.2, 0.25) is 15.1 Å². The summed E-state index contributed by atoms with van der Waals surface area (Å²) in [5.41, 5.74) is 0.893. The van der Waals surface area contributed by atoms with Crippen molar-refractivity contribution < 1.29 is 0 Å². The topological polar surface area (TPSA) is 12.0 Å². The van der Waals surface area contributed by atoms with Crippen molar-refractivity contribution in [2.45, 2.75) is 25.9 Å². The molecule has 1 aliphatic carbocycles. The van der Waals surface area contributed by atoms with E-state index in [-0.39, 0.29) is 0 Å². The molecule has 2 unspecified atom stereocenters. The second-order valence-electron chi connectivity index (χ2n) is 4.02. The van der Waals surface area contributed by atoms with E-state index in [0.717, 1.165) is 11.5 Å². The lowest BCUT2D eigenvalue weighted by molar-refractivity contribution is 0.653. The van der Waals surface area contributed by atoms with Gasteiger partial charge in [-0.15, -0.1) is 0 Å². The van der Waals surface area contributed by atoms with Crippen LogP contribution >= 0.6 is 34.8 Å². The molecule has 15 heavy (non-hydrogen) atoms. The van der Waals surface area contributed by atoms with E-state index in [2.05, 4.69) is 12.2 Å². The van der Waals surface area contributed by atoms with Gasteiger partial charge >= 0.3 is 0 Å². The van der Waals surface area contributed by atoms with Crippen molar-refractivity contribution in [3.63, 3.8) is 0 Å². The molecule has 1 fully saturated rings. The van der Waals surface area contributed by atoms with E-state index < -0.39 is 0 Å². The van der Waals surface area contributed by atoms with Crippen molar-refractivity contribution in [1.29, 1.82) is 0 Å². The van der Waals surface area contributed by atoms with E-state index in [1.807, 2.05) is 0 Å². The molecular weight excluding hydrogens is 252 g/mol. The fourth-order valence-corrected chi connectivity index (χ4v) is 2.25. The summed E-state index contributed by atoms with van der Waals surface area (Å²) in [6.07, 6.45) is 1.23. The van der Waals surface area contributed by atoms with E-state index in [9.17, 15) is 0 Å². The Morgan fingerprint density at radius 2 is 1.87 bits per heavy atom. The van der Waals surface area contributed by atoms with Crippen LogP contribution in [0.1, 0.15) is 18.9 Å². The van der Waals surface area contributed by atoms with Crippen LogP contribution in [0.15, 0.2) is 12.1 Å². The second-order valence-corrected chi connectivity index (χ2v) is 5.21. The lowest BCUT2D eigenvalue weighted by Gasteiger charge is -2.09. The Labute approximate surface area is 105 Å². The Kier molecular flexibility index (Phi) is 3.46. The third-order valence-electron chi connectivity index (χ3n) is 2.79. The minimum absolute atomic E-state index is 0.557. The lowest BCUT2D eigenvalue weighted by atomic mass is 10.2. The van der Waals surface area contributed by atoms with Gasteiger partial charge in [0.25, 0.3) is 0 Å². The van der Waals surface area contributed by atoms with Crippen molar-refractivity contribution in [1.82, 2.24) is 5.32 Å². The highest BCUT2D eigenvalue weighted by Crippen LogP contribution is 2.33. The fraction of sp³-hybridized carbons (Fsp3) is 0.455. The molecule has 2 atom stereocenters. The molecule has 0 heterocycles. The van der Waals surface area contributed by atoms with Crippen LogP contribution in [0.25, 0.3) is 0 Å². The molecule has 1 aromatic rings. The van der Waals surface area contributed by atoms with Crippen molar-refractivity contribution in [3.05, 3.63) is 32.8 Å². The molecule has 1 aliphatic rings. The van der Waals surface area contributed by atoms with Crippen LogP contribution in [0.4, 0.5) is 0 Å². The van der Waals surface area contributed by atoms with Gasteiger partial charge in [-0.25, -0.2) is 0 Å². The molecule has 0 aromatic heterocycles. The summed E-state index contributed by atoms with van der Waals surface area (Å²) >= 11 is 18.1. The van der Waals surface area contributed by atoms with Crippen LogP contribution in [0.5, 0.6) is 0 Å². The first-order chi connectivity index (χ1) is 7.09. The highest BCUT2D eigenvalue weighted by Gasteiger charge is 2.31. The van der Waals surface area contributed by atoms with E-state index in [4.69, 9.17) is 34.8 Å². The molecule has 1 saturated carbocycles. The standard InChI is InChI=1S/C11H12Cl3N/c1-6-4-10(6)15-5-7-8(12)2-3-9(13)11(7)14/h2-3,6,10,15H,4-5H2,1H3. The summed E-state index contributed by atoms with van der Waals surface area (Å²) in [4.78, 5) is 0. The highest BCUT2D eigenvalue weighted by atomic mass is 35.5. The Hall–Kier alpha value is 0.0500. The molecular formula is C11H12Cl3N. The summed E-state index contributed by atoms with van der Waals surface area (Å²) in [6.45, 7) is 2.91. The highest BCUT2D eigenvalue weighted by molar-refractivity contribution is 6.44. The van der Waals surface area contributed by atoms with Gasteiger partial charge in [0.15, 0.2) is 0 Å². The number of hydrogen-bond donors (Lipinski definition) is 1. The molecule has 2 rings (SSSR count). The normalized spacial score (nSPS) is 24.3. The largest absolute Gasteiger partial charge is 0.310 e. The SMILES string of the molecule is CC1CC1NCc1c(Cl)ccc(Cl)c1Cl. The summed E-state index contributed by atoms with van der Waals surface area (Å²) in [6, 6.07) is 4.11. The Bertz CT molecular complexity index is 378. The van der Waals surface area contributed by atoms with Crippen LogP contribution < -0.4 is 5.32 Å². The van der Waals surface area contributed by atoms with Crippen LogP contribution in [-0.4, -0.2) is 6.04 Å². The van der Waals surface area contributed by atoms with E-state index in [0.29, 0.717) is 27.7 Å². The zero-order valence-corrected chi connectivity index (χ0v) is 10.6. The van der Waals surface area contributed by atoms with Gasteiger partial charge in [0.2, 0.25) is 0 Å². The maximum absolute atomic E-state index is 6.08. The molecule has 82 valence electrons. The average Bonchev–Trinajstić information content (AvgIpc) is 2.89. The fourth-order valence-electron chi connectivity index (χ4n) is 1.57. The minimum atomic E-state index is 0.557. The minimum Gasteiger partial charge on any atom is -0.310 e. The molecule has 0 aliphatic heterocycles. The molecule has 1 aromatic carbocycles. The Balaban J connectivity index is 2.09. The molecule has 0 bridgehead atoms. The lowest BCUT2D eigenvalue weighted by Crippen LogP contribution is -2.17. The summed E-state index contributed by atoms with van der Waals surface area (Å²) in [5.74, 6) is 0.765. The van der Waals surface area contributed by atoms with Crippen LogP contribution in [0, 0.1) is 5.92 Å². The molecule has 0 radical (unpaired) electrons. The summed E-state index contributed by atoms with van der Waals surface area (Å²) in [5, 5.41) is 5.19. The van der Waals surface area contributed by atoms with Crippen molar-refractivity contribution in [2.75, 3.05) is 0 Å². The van der Waals surface area contributed by atoms with Crippen molar-refractivity contribution in [2.24, 2.45) is 5.92 Å². The number of halogens is 3. The van der Waals surface area contributed by atoms with Gasteiger partial charge in [-0.1, -0.05) is 41.7 Å². The van der Waals surface area contributed by atoms with Gasteiger partial charge in [0.1, 0.15) is 0 Å². The third-order valence-corrected chi connectivity index (χ3v) is 3.99. The van der Waals surface area contributed by atoms with Gasteiger partial charge in [0.05, 0.1) is 10.0 Å². The van der Waals surface area contributed by atoms with E-state index in [1.165, 1.54) is 6.42 Å². The average molecular weight is 265 g/mol. The first-order valence-corrected chi connectivity index (χ1v) is 6.08. The predicted octanol–water partition coefficient (Wildman–Crippen LogP) is 4.14. The molecule has 0 saturated heterocycles. The van der Waals surface area contributed by atoms with Crippen molar-refractivity contribution >= 4 is 34.8 Å². The quantitative estimate of drug-likeness (QED) is 0.809. The molecule has 0 amide bonds. The van der Waals surface area contributed by atoms with Gasteiger partial charge in [-0.3, -0.25) is 0 Å². The summed E-state index contributed by atoms with van der Waals surface area (Å²) < 4.78 is 0. The van der Waals surface area contributed by atoms with Crippen LogP contribution in [0.3, 0.4) is 0 Å². The predicted molar refractivity (Wildman–Crippen MR) is 65.9 cm³/mol. The maximum Gasteiger partial charge on any atom is 0.0652 e. The third kappa shape index (κ3) is 2.59. The monoisotopic (exact) mass is 263 g/mol. The molecule has 4 heteroatoms. The Morgan fingerprint density at radius 3 is 2.47 bits per heavy atom. The van der Waals surface area contributed by atoms with E-state index >= 15 is 0 Å². The van der Waals surface area contributed by atoms with Gasteiger partial charge in [-0.2, -0.15) is 0 Å². The summed E-state index contributed by atoms with van der Waals surface area (Å²) in [7, 11) is 0. The van der Waals surface area contributed by atoms with Gasteiger partial charge in [0, 0.05) is 23.2 Å². The van der Waals surface area contributed by atoms with E-state index in [1.54, 1.807) is 12.1 Å². The first-order valence-electron chi connectivity index (χ1n) is 4.95. The first kappa shape index (κ1) is 11.5. The number of benzene rings is 1. The zero-order chi connectivity index (χ0) is 11.0.